The van der Waals surface area contributed by atoms with E-state index in [-0.39, 0.29) is 23.8 Å². The zero-order chi connectivity index (χ0) is 27.6. The van der Waals surface area contributed by atoms with Crippen molar-refractivity contribution in [3.8, 4) is 11.3 Å². The van der Waals surface area contributed by atoms with Crippen molar-refractivity contribution in [2.45, 2.75) is 51.0 Å². The van der Waals surface area contributed by atoms with Crippen molar-refractivity contribution >= 4 is 32.7 Å². The van der Waals surface area contributed by atoms with Crippen LogP contribution in [0.3, 0.4) is 0 Å². The second-order valence-corrected chi connectivity index (χ2v) is 12.8. The first-order valence-electron chi connectivity index (χ1n) is 13.9. The van der Waals surface area contributed by atoms with E-state index < -0.39 is 15.9 Å². The van der Waals surface area contributed by atoms with E-state index >= 15 is 0 Å². The van der Waals surface area contributed by atoms with Gasteiger partial charge in [0.1, 0.15) is 6.54 Å². The number of benzene rings is 2. The summed E-state index contributed by atoms with van der Waals surface area (Å²) in [6.45, 7) is 1.86. The molecule has 1 aliphatic heterocycles. The summed E-state index contributed by atoms with van der Waals surface area (Å²) in [5.41, 5.74) is 4.33. The maximum Gasteiger partial charge on any atom is 0.264 e. The van der Waals surface area contributed by atoms with E-state index in [1.807, 2.05) is 47.8 Å². The van der Waals surface area contributed by atoms with Gasteiger partial charge in [0.25, 0.3) is 5.91 Å². The highest BCUT2D eigenvalue weighted by molar-refractivity contribution is 7.90. The summed E-state index contributed by atoms with van der Waals surface area (Å²) in [6.07, 6.45) is 6.12. The highest BCUT2D eigenvalue weighted by atomic mass is 32.2. The van der Waals surface area contributed by atoms with E-state index in [0.717, 1.165) is 35.0 Å². The Hall–Kier alpha value is -3.17. The fourth-order valence-electron chi connectivity index (χ4n) is 5.98. The molecule has 1 aliphatic carbocycles. The minimum absolute atomic E-state index is 0.00259. The Bertz CT molecular complexity index is 1460. The number of sulfonamides is 1. The van der Waals surface area contributed by atoms with Crippen molar-refractivity contribution in [2.75, 3.05) is 39.5 Å². The molecule has 2 amide bonds. The molecule has 0 spiro atoms. The lowest BCUT2D eigenvalue weighted by Gasteiger charge is -2.25. The topological polar surface area (TPSA) is 91.7 Å². The number of nitrogens with zero attached hydrogens (tertiary/aromatic N) is 3. The molecule has 3 aromatic rings. The van der Waals surface area contributed by atoms with Gasteiger partial charge in [0.05, 0.1) is 17.0 Å². The van der Waals surface area contributed by atoms with Gasteiger partial charge in [-0.15, -0.1) is 0 Å². The lowest BCUT2D eigenvalue weighted by Crippen LogP contribution is -2.38. The van der Waals surface area contributed by atoms with Gasteiger partial charge in [0.2, 0.25) is 15.9 Å². The van der Waals surface area contributed by atoms with Gasteiger partial charge in [-0.1, -0.05) is 55.7 Å². The molecule has 9 heteroatoms. The largest absolute Gasteiger partial charge is 0.343 e. The molecule has 1 saturated carbocycles. The van der Waals surface area contributed by atoms with Crippen LogP contribution in [0.5, 0.6) is 0 Å². The van der Waals surface area contributed by atoms with Crippen LogP contribution in [-0.2, 0) is 21.4 Å². The van der Waals surface area contributed by atoms with Crippen molar-refractivity contribution in [3.05, 3.63) is 59.7 Å². The molecule has 2 aliphatic rings. The number of nitrogens with one attached hydrogen (secondary N) is 1. The average Bonchev–Trinajstić information content (AvgIpc) is 3.25. The molecule has 5 rings (SSSR count). The Morgan fingerprint density at radius 1 is 0.846 bits per heavy atom. The zero-order valence-corrected chi connectivity index (χ0v) is 23.7. The Balaban J connectivity index is 1.71. The second-order valence-electron chi connectivity index (χ2n) is 11.0. The molecule has 0 saturated heterocycles. The number of likely N-dealkylation sites (N-methyl/N-ethyl adjacent to an activating group) is 2. The highest BCUT2D eigenvalue weighted by Gasteiger charge is 2.28. The Morgan fingerprint density at radius 3 is 2.33 bits per heavy atom. The van der Waals surface area contributed by atoms with E-state index in [1.54, 1.807) is 17.0 Å². The Morgan fingerprint density at radius 2 is 1.59 bits per heavy atom. The number of carbonyl (C=O) groups excluding carboxylic acids is 2. The van der Waals surface area contributed by atoms with Crippen LogP contribution in [0.25, 0.3) is 22.2 Å². The summed E-state index contributed by atoms with van der Waals surface area (Å²) in [5, 5.41) is 1.02. The standard InChI is InChI=1S/C30H38N4O4S/c1-32-16-9-19-39(37,38)31-30(36)24-14-15-25-26(20-24)34(21-27(35)33(2)18-17-32)29(23-12-7-4-8-13-23)28(25)22-10-5-3-6-11-22/h4,7-8,12-15,20,22H,3,5-6,9-11,16-19,21H2,1-2H3,(H,31,36). The summed E-state index contributed by atoms with van der Waals surface area (Å²) >= 11 is 0. The maximum atomic E-state index is 13.6. The first-order valence-corrected chi connectivity index (χ1v) is 15.6. The first-order chi connectivity index (χ1) is 18.7. The normalized spacial score (nSPS) is 20.4. The quantitative estimate of drug-likeness (QED) is 0.516. The van der Waals surface area contributed by atoms with Gasteiger partial charge in [-0.05, 0) is 62.0 Å². The number of hydrogen-bond donors (Lipinski definition) is 1. The molecule has 2 aromatic carbocycles. The lowest BCUT2D eigenvalue weighted by atomic mass is 9.82. The number of carbonyl (C=O) groups is 2. The SMILES string of the molecule is CN1CCCS(=O)(=O)NC(=O)c2ccc3c(C4CCCCC4)c(-c4ccccc4)n(c3c2)CC(=O)N(C)CC1. The maximum absolute atomic E-state index is 13.6. The van der Waals surface area contributed by atoms with E-state index in [9.17, 15) is 18.0 Å². The molecule has 208 valence electrons. The third-order valence-corrected chi connectivity index (χ3v) is 9.49. The van der Waals surface area contributed by atoms with Crippen molar-refractivity contribution in [3.63, 3.8) is 0 Å². The van der Waals surface area contributed by atoms with Crippen LogP contribution in [-0.4, -0.2) is 74.1 Å². The fourth-order valence-corrected chi connectivity index (χ4v) is 6.99. The number of fused-ring (bicyclic) bond motifs is 1. The van der Waals surface area contributed by atoms with Crippen molar-refractivity contribution in [1.82, 2.24) is 19.1 Å². The molecular weight excluding hydrogens is 512 g/mol. The summed E-state index contributed by atoms with van der Waals surface area (Å²) in [6, 6.07) is 15.6. The predicted molar refractivity (Wildman–Crippen MR) is 154 cm³/mol. The van der Waals surface area contributed by atoms with Gasteiger partial charge < -0.3 is 14.4 Å². The Labute approximate surface area is 231 Å². The number of aromatic nitrogens is 1. The van der Waals surface area contributed by atoms with Crippen LogP contribution in [0.15, 0.2) is 48.5 Å². The molecule has 0 unspecified atom stereocenters. The van der Waals surface area contributed by atoms with E-state index in [1.165, 1.54) is 24.8 Å². The minimum Gasteiger partial charge on any atom is -0.343 e. The van der Waals surface area contributed by atoms with Crippen LogP contribution in [0, 0.1) is 0 Å². The summed E-state index contributed by atoms with van der Waals surface area (Å²) in [5.74, 6) is -0.431. The van der Waals surface area contributed by atoms with Crippen LogP contribution in [0.2, 0.25) is 0 Å². The summed E-state index contributed by atoms with van der Waals surface area (Å²) < 4.78 is 29.7. The fraction of sp³-hybridized carbons (Fsp3) is 0.467. The van der Waals surface area contributed by atoms with Crippen LogP contribution in [0.4, 0.5) is 0 Å². The van der Waals surface area contributed by atoms with Crippen LogP contribution < -0.4 is 4.72 Å². The number of amides is 2. The van der Waals surface area contributed by atoms with Crippen molar-refractivity contribution < 1.29 is 18.0 Å². The summed E-state index contributed by atoms with van der Waals surface area (Å²) in [7, 11) is -0.0431. The summed E-state index contributed by atoms with van der Waals surface area (Å²) in [4.78, 5) is 30.5. The van der Waals surface area contributed by atoms with Gasteiger partial charge in [0.15, 0.2) is 0 Å². The van der Waals surface area contributed by atoms with Gasteiger partial charge in [-0.25, -0.2) is 13.1 Å². The zero-order valence-electron chi connectivity index (χ0n) is 22.9. The van der Waals surface area contributed by atoms with Crippen molar-refractivity contribution in [2.24, 2.45) is 0 Å². The molecule has 0 radical (unpaired) electrons. The Kier molecular flexibility index (Phi) is 8.09. The number of rotatable bonds is 2. The lowest BCUT2D eigenvalue weighted by molar-refractivity contribution is -0.130. The minimum atomic E-state index is -3.77. The first kappa shape index (κ1) is 27.4. The molecule has 1 aromatic heterocycles. The predicted octanol–water partition coefficient (Wildman–Crippen LogP) is 4.21. The third kappa shape index (κ3) is 6.04. The van der Waals surface area contributed by atoms with Gasteiger partial charge >= 0.3 is 0 Å². The van der Waals surface area contributed by atoms with Gasteiger partial charge in [-0.3, -0.25) is 9.59 Å². The van der Waals surface area contributed by atoms with Crippen LogP contribution in [0.1, 0.15) is 60.4 Å². The van der Waals surface area contributed by atoms with E-state index in [4.69, 9.17) is 0 Å². The molecular formula is C30H38N4O4S. The van der Waals surface area contributed by atoms with Crippen LogP contribution >= 0.6 is 0 Å². The molecule has 1 N–H and O–H groups in total. The van der Waals surface area contributed by atoms with Gasteiger partial charge in [0, 0.05) is 31.1 Å². The van der Waals surface area contributed by atoms with Gasteiger partial charge in [-0.2, -0.15) is 0 Å². The third-order valence-electron chi connectivity index (χ3n) is 8.16. The number of hydrogen-bond acceptors (Lipinski definition) is 5. The molecule has 8 nitrogen and oxygen atoms in total. The monoisotopic (exact) mass is 550 g/mol. The molecule has 2 heterocycles. The van der Waals surface area contributed by atoms with E-state index in [0.29, 0.717) is 32.0 Å². The second kappa shape index (κ2) is 11.5. The molecule has 1 fully saturated rings. The molecule has 39 heavy (non-hydrogen) atoms. The van der Waals surface area contributed by atoms with Crippen molar-refractivity contribution in [1.29, 1.82) is 0 Å². The average molecular weight is 551 g/mol. The highest BCUT2D eigenvalue weighted by Crippen LogP contribution is 2.44. The van der Waals surface area contributed by atoms with E-state index in [2.05, 4.69) is 16.9 Å². The smallest absolute Gasteiger partial charge is 0.264 e. The molecule has 0 atom stereocenters. The molecule has 2 bridgehead atoms.